The van der Waals surface area contributed by atoms with Crippen LogP contribution >= 0.6 is 0 Å². The van der Waals surface area contributed by atoms with E-state index in [1.54, 1.807) is 6.20 Å². The second kappa shape index (κ2) is 7.71. The molecule has 1 amide bonds. The van der Waals surface area contributed by atoms with E-state index in [2.05, 4.69) is 34.3 Å². The van der Waals surface area contributed by atoms with Gasteiger partial charge in [-0.2, -0.15) is 0 Å². The second-order valence-corrected chi connectivity index (χ2v) is 6.59. The van der Waals surface area contributed by atoms with Crippen LogP contribution in [0.15, 0.2) is 30.5 Å². The second-order valence-electron chi connectivity index (χ2n) is 6.59. The fourth-order valence-electron chi connectivity index (χ4n) is 3.28. The van der Waals surface area contributed by atoms with Gasteiger partial charge in [-0.25, -0.2) is 9.97 Å². The fraction of sp³-hybridized carbons (Fsp3) is 0.526. The van der Waals surface area contributed by atoms with Crippen LogP contribution in [0.2, 0.25) is 0 Å². The Morgan fingerprint density at radius 3 is 3.12 bits per heavy atom. The van der Waals surface area contributed by atoms with E-state index in [1.165, 1.54) is 0 Å². The first kappa shape index (κ1) is 16.8. The molecule has 1 aliphatic rings. The van der Waals surface area contributed by atoms with Gasteiger partial charge in [-0.15, -0.1) is 0 Å². The van der Waals surface area contributed by atoms with Crippen molar-refractivity contribution < 1.29 is 4.79 Å². The Bertz CT molecular complexity index is 703. The van der Waals surface area contributed by atoms with Gasteiger partial charge in [0.25, 0.3) is 0 Å². The van der Waals surface area contributed by atoms with Crippen LogP contribution in [0.5, 0.6) is 0 Å². The number of nitrogens with zero attached hydrogens (tertiary/aromatic N) is 3. The predicted octanol–water partition coefficient (Wildman–Crippen LogP) is 2.72. The van der Waals surface area contributed by atoms with Crippen molar-refractivity contribution in [3.8, 4) is 0 Å². The van der Waals surface area contributed by atoms with Gasteiger partial charge in [0.2, 0.25) is 5.91 Å². The maximum Gasteiger partial charge on any atom is 0.237 e. The number of rotatable bonds is 6. The van der Waals surface area contributed by atoms with Gasteiger partial charge in [-0.1, -0.05) is 13.3 Å². The van der Waals surface area contributed by atoms with E-state index in [-0.39, 0.29) is 11.9 Å². The van der Waals surface area contributed by atoms with Gasteiger partial charge in [0.05, 0.1) is 6.04 Å². The van der Waals surface area contributed by atoms with Crippen LogP contribution in [0.25, 0.3) is 11.0 Å². The van der Waals surface area contributed by atoms with Crippen molar-refractivity contribution in [3.63, 3.8) is 0 Å². The number of aromatic nitrogens is 2. The number of hydrogen-bond acceptors (Lipinski definition) is 4. The minimum Gasteiger partial charge on any atom is -0.355 e. The van der Waals surface area contributed by atoms with Gasteiger partial charge in [-0.05, 0) is 50.6 Å². The highest BCUT2D eigenvalue weighted by atomic mass is 16.2. The van der Waals surface area contributed by atoms with E-state index < -0.39 is 0 Å². The molecule has 5 heteroatoms. The summed E-state index contributed by atoms with van der Waals surface area (Å²) < 4.78 is 0. The Morgan fingerprint density at radius 1 is 1.42 bits per heavy atom. The maximum absolute atomic E-state index is 12.2. The first-order chi connectivity index (χ1) is 11.7. The molecule has 1 N–H and O–H groups in total. The van der Waals surface area contributed by atoms with Crippen molar-refractivity contribution in [1.82, 2.24) is 20.2 Å². The number of fused-ring (bicyclic) bond motifs is 1. The minimum absolute atomic E-state index is 0.0783. The highest BCUT2D eigenvalue weighted by Crippen LogP contribution is 2.28. The lowest BCUT2D eigenvalue weighted by atomic mass is 10.0. The van der Waals surface area contributed by atoms with Gasteiger partial charge < -0.3 is 5.32 Å². The number of carbonyl (C=O) groups is 1. The molecule has 3 heterocycles. The molecule has 1 fully saturated rings. The summed E-state index contributed by atoms with van der Waals surface area (Å²) in [5.74, 6) is 0.513. The Kier molecular flexibility index (Phi) is 5.41. The first-order valence-corrected chi connectivity index (χ1v) is 8.92. The molecule has 0 radical (unpaired) electrons. The molecule has 0 saturated carbocycles. The molecule has 0 spiro atoms. The zero-order valence-electron chi connectivity index (χ0n) is 14.5. The molecule has 3 rings (SSSR count). The normalized spacial score (nSPS) is 19.5. The van der Waals surface area contributed by atoms with Crippen LogP contribution in [0.4, 0.5) is 0 Å². The number of unbranched alkanes of at least 4 members (excludes halogenated alkanes) is 1. The lowest BCUT2D eigenvalue weighted by molar-refractivity contribution is -0.125. The van der Waals surface area contributed by atoms with E-state index in [9.17, 15) is 4.79 Å². The summed E-state index contributed by atoms with van der Waals surface area (Å²) in [4.78, 5) is 23.6. The topological polar surface area (TPSA) is 58.1 Å². The number of nitrogens with one attached hydrogen (secondary N) is 1. The molecule has 5 nitrogen and oxygen atoms in total. The van der Waals surface area contributed by atoms with Crippen molar-refractivity contribution >= 4 is 16.9 Å². The largest absolute Gasteiger partial charge is 0.355 e. The molecule has 0 unspecified atom stereocenters. The molecule has 0 bridgehead atoms. The smallest absolute Gasteiger partial charge is 0.237 e. The van der Waals surface area contributed by atoms with Crippen LogP contribution < -0.4 is 5.32 Å². The van der Waals surface area contributed by atoms with Gasteiger partial charge in [0.1, 0.15) is 0 Å². The predicted molar refractivity (Wildman–Crippen MR) is 95.8 cm³/mol. The van der Waals surface area contributed by atoms with Crippen molar-refractivity contribution in [2.45, 2.75) is 45.1 Å². The number of likely N-dealkylation sites (tertiary alicyclic amines) is 1. The average Bonchev–Trinajstić information content (AvgIpc) is 3.11. The van der Waals surface area contributed by atoms with Crippen molar-refractivity contribution in [2.24, 2.45) is 0 Å². The molecule has 1 aliphatic heterocycles. The Labute approximate surface area is 143 Å². The van der Waals surface area contributed by atoms with Crippen LogP contribution in [-0.4, -0.2) is 46.5 Å². The summed E-state index contributed by atoms with van der Waals surface area (Å²) >= 11 is 0. The molecule has 2 aromatic heterocycles. The Morgan fingerprint density at radius 2 is 2.29 bits per heavy atom. The number of pyridine rings is 2. The van der Waals surface area contributed by atoms with E-state index >= 15 is 0 Å². The van der Waals surface area contributed by atoms with E-state index in [1.807, 2.05) is 19.1 Å². The highest BCUT2D eigenvalue weighted by Gasteiger charge is 2.30. The highest BCUT2D eigenvalue weighted by molar-refractivity contribution is 5.81. The van der Waals surface area contributed by atoms with Gasteiger partial charge in [-0.3, -0.25) is 9.69 Å². The standard InChI is InChI=1S/C19H26N4O/c1-3-4-10-21-19(24)14(2)23-12-9-16(13-23)17-8-7-15-6-5-11-20-18(15)22-17/h5-8,11,14,16H,3-4,9-10,12-13H2,1-2H3,(H,21,24)/t14-,16+/m0/s1. The molecular formula is C19H26N4O. The Hall–Kier alpha value is -2.01. The summed E-state index contributed by atoms with van der Waals surface area (Å²) in [6.07, 6.45) is 4.96. The molecule has 128 valence electrons. The lowest BCUT2D eigenvalue weighted by Crippen LogP contribution is -2.44. The van der Waals surface area contributed by atoms with Crippen LogP contribution in [0.1, 0.15) is 44.7 Å². The quantitative estimate of drug-likeness (QED) is 0.829. The summed E-state index contributed by atoms with van der Waals surface area (Å²) in [7, 11) is 0. The zero-order chi connectivity index (χ0) is 16.9. The van der Waals surface area contributed by atoms with Crippen molar-refractivity contribution in [3.05, 3.63) is 36.2 Å². The van der Waals surface area contributed by atoms with Crippen LogP contribution in [0.3, 0.4) is 0 Å². The van der Waals surface area contributed by atoms with E-state index in [0.29, 0.717) is 5.92 Å². The molecule has 24 heavy (non-hydrogen) atoms. The summed E-state index contributed by atoms with van der Waals surface area (Å²) in [6.45, 7) is 6.72. The molecule has 1 saturated heterocycles. The van der Waals surface area contributed by atoms with Gasteiger partial charge >= 0.3 is 0 Å². The molecule has 0 aliphatic carbocycles. The monoisotopic (exact) mass is 326 g/mol. The minimum atomic E-state index is -0.0783. The Balaban J connectivity index is 1.62. The van der Waals surface area contributed by atoms with Crippen molar-refractivity contribution in [2.75, 3.05) is 19.6 Å². The molecule has 2 atom stereocenters. The number of hydrogen-bond donors (Lipinski definition) is 1. The molecular weight excluding hydrogens is 300 g/mol. The van der Waals surface area contributed by atoms with Crippen LogP contribution in [0, 0.1) is 0 Å². The SMILES string of the molecule is CCCCNC(=O)[C@H](C)N1CC[C@@H](c2ccc3cccnc3n2)C1. The third-order valence-corrected chi connectivity index (χ3v) is 4.88. The summed E-state index contributed by atoms with van der Waals surface area (Å²) in [5, 5.41) is 4.10. The van der Waals surface area contributed by atoms with E-state index in [4.69, 9.17) is 4.98 Å². The van der Waals surface area contributed by atoms with Crippen LogP contribution in [-0.2, 0) is 4.79 Å². The summed E-state index contributed by atoms with van der Waals surface area (Å²) in [5.41, 5.74) is 1.89. The lowest BCUT2D eigenvalue weighted by Gasteiger charge is -2.23. The molecule has 2 aromatic rings. The van der Waals surface area contributed by atoms with E-state index in [0.717, 1.165) is 55.6 Å². The average molecular weight is 326 g/mol. The number of carbonyl (C=O) groups excluding carboxylic acids is 1. The first-order valence-electron chi connectivity index (χ1n) is 8.92. The number of amides is 1. The third-order valence-electron chi connectivity index (χ3n) is 4.88. The zero-order valence-corrected chi connectivity index (χ0v) is 14.5. The molecule has 0 aromatic carbocycles. The fourth-order valence-corrected chi connectivity index (χ4v) is 3.28. The van der Waals surface area contributed by atoms with Crippen molar-refractivity contribution in [1.29, 1.82) is 0 Å². The third kappa shape index (κ3) is 3.73. The van der Waals surface area contributed by atoms with Gasteiger partial charge in [0, 0.05) is 36.3 Å². The summed E-state index contributed by atoms with van der Waals surface area (Å²) in [6, 6.07) is 8.08. The van der Waals surface area contributed by atoms with Gasteiger partial charge in [0.15, 0.2) is 5.65 Å². The maximum atomic E-state index is 12.2.